The summed E-state index contributed by atoms with van der Waals surface area (Å²) in [7, 11) is -3.18. The number of rotatable bonds is 7. The van der Waals surface area contributed by atoms with E-state index in [1.165, 1.54) is 0 Å². The lowest BCUT2D eigenvalue weighted by atomic mass is 10.4. The van der Waals surface area contributed by atoms with Crippen molar-refractivity contribution in [3.63, 3.8) is 0 Å². The molecule has 1 unspecified atom stereocenters. The second-order valence-corrected chi connectivity index (χ2v) is 6.37. The Kier molecular flexibility index (Phi) is 5.07. The standard InChI is InChI=1S/C10H19N3O3S/c1-4-6-11-7-5-9-12-13-10(16-9)8(2)17(3,14)15/h8,11H,4-7H2,1-3H3. The summed E-state index contributed by atoms with van der Waals surface area (Å²) in [5.41, 5.74) is 0. The number of aromatic nitrogens is 2. The third-order valence-electron chi connectivity index (χ3n) is 2.41. The Morgan fingerprint density at radius 2 is 2.06 bits per heavy atom. The fourth-order valence-electron chi connectivity index (χ4n) is 1.21. The molecule has 0 saturated heterocycles. The van der Waals surface area contributed by atoms with E-state index in [4.69, 9.17) is 4.42 Å². The molecule has 0 aromatic carbocycles. The molecule has 0 aliphatic heterocycles. The molecule has 1 aromatic heterocycles. The number of sulfone groups is 1. The maximum Gasteiger partial charge on any atom is 0.234 e. The van der Waals surface area contributed by atoms with Crippen molar-refractivity contribution in [3.05, 3.63) is 11.8 Å². The van der Waals surface area contributed by atoms with E-state index >= 15 is 0 Å². The summed E-state index contributed by atoms with van der Waals surface area (Å²) < 4.78 is 27.9. The highest BCUT2D eigenvalue weighted by Gasteiger charge is 2.23. The van der Waals surface area contributed by atoms with E-state index in [1.54, 1.807) is 6.92 Å². The van der Waals surface area contributed by atoms with Gasteiger partial charge in [0.15, 0.2) is 9.84 Å². The minimum Gasteiger partial charge on any atom is -0.424 e. The van der Waals surface area contributed by atoms with Crippen LogP contribution in [0.1, 0.15) is 37.3 Å². The van der Waals surface area contributed by atoms with E-state index in [0.717, 1.165) is 25.8 Å². The molecule has 1 rings (SSSR count). The molecular weight excluding hydrogens is 242 g/mol. The molecular formula is C10H19N3O3S. The first kappa shape index (κ1) is 14.1. The van der Waals surface area contributed by atoms with Gasteiger partial charge in [0.25, 0.3) is 0 Å². The third-order valence-corrected chi connectivity index (χ3v) is 3.90. The molecule has 0 bridgehead atoms. The summed E-state index contributed by atoms with van der Waals surface area (Å²) in [5.74, 6) is 0.636. The number of nitrogens with one attached hydrogen (secondary N) is 1. The molecule has 1 atom stereocenters. The molecule has 0 fully saturated rings. The first-order valence-corrected chi connectivity index (χ1v) is 7.62. The SMILES string of the molecule is CCCNCCc1nnc(C(C)S(C)(=O)=O)o1. The van der Waals surface area contributed by atoms with Crippen LogP contribution in [0.3, 0.4) is 0 Å². The molecule has 98 valence electrons. The highest BCUT2D eigenvalue weighted by atomic mass is 32.2. The summed E-state index contributed by atoms with van der Waals surface area (Å²) >= 11 is 0. The van der Waals surface area contributed by atoms with Gasteiger partial charge >= 0.3 is 0 Å². The van der Waals surface area contributed by atoms with Gasteiger partial charge < -0.3 is 9.73 Å². The zero-order valence-corrected chi connectivity index (χ0v) is 11.2. The molecule has 7 heteroatoms. The Morgan fingerprint density at radius 1 is 1.35 bits per heavy atom. The van der Waals surface area contributed by atoms with Crippen LogP contribution in [0.4, 0.5) is 0 Å². The maximum atomic E-state index is 11.3. The lowest BCUT2D eigenvalue weighted by molar-refractivity contribution is 0.440. The topological polar surface area (TPSA) is 85.1 Å². The second-order valence-electron chi connectivity index (χ2n) is 4.01. The van der Waals surface area contributed by atoms with Crippen molar-refractivity contribution in [1.29, 1.82) is 0 Å². The van der Waals surface area contributed by atoms with Gasteiger partial charge in [-0.15, -0.1) is 10.2 Å². The summed E-state index contributed by atoms with van der Waals surface area (Å²) in [5, 5.41) is 10.0. The fourth-order valence-corrected chi connectivity index (χ4v) is 1.67. The van der Waals surface area contributed by atoms with Crippen molar-refractivity contribution < 1.29 is 12.8 Å². The fraction of sp³-hybridized carbons (Fsp3) is 0.800. The lowest BCUT2D eigenvalue weighted by Crippen LogP contribution is -2.17. The van der Waals surface area contributed by atoms with Crippen molar-refractivity contribution in [2.75, 3.05) is 19.3 Å². The van der Waals surface area contributed by atoms with Crippen LogP contribution >= 0.6 is 0 Å². The molecule has 0 amide bonds. The van der Waals surface area contributed by atoms with Crippen LogP contribution in [0.5, 0.6) is 0 Å². The van der Waals surface area contributed by atoms with Crippen LogP contribution in [0.2, 0.25) is 0 Å². The van der Waals surface area contributed by atoms with Crippen LogP contribution in [-0.2, 0) is 16.3 Å². The van der Waals surface area contributed by atoms with E-state index in [2.05, 4.69) is 22.4 Å². The van der Waals surface area contributed by atoms with Crippen LogP contribution in [0.25, 0.3) is 0 Å². The Hall–Kier alpha value is -0.950. The average Bonchev–Trinajstić information content (AvgIpc) is 2.70. The normalized spacial score (nSPS) is 13.8. The van der Waals surface area contributed by atoms with Crippen LogP contribution in [-0.4, -0.2) is 38.0 Å². The summed E-state index contributed by atoms with van der Waals surface area (Å²) in [6.45, 7) is 5.33. The van der Waals surface area contributed by atoms with Gasteiger partial charge in [0, 0.05) is 19.2 Å². The van der Waals surface area contributed by atoms with E-state index in [0.29, 0.717) is 12.3 Å². The van der Waals surface area contributed by atoms with Gasteiger partial charge in [-0.25, -0.2) is 8.42 Å². The summed E-state index contributed by atoms with van der Waals surface area (Å²) in [6, 6.07) is 0. The number of hydrogen-bond acceptors (Lipinski definition) is 6. The van der Waals surface area contributed by atoms with Crippen molar-refractivity contribution >= 4 is 9.84 Å². The molecule has 0 spiro atoms. The minimum absolute atomic E-state index is 0.165. The van der Waals surface area contributed by atoms with Crippen molar-refractivity contribution in [1.82, 2.24) is 15.5 Å². The molecule has 0 saturated carbocycles. The Labute approximate surface area is 102 Å². The molecule has 1 N–H and O–H groups in total. The first-order valence-electron chi connectivity index (χ1n) is 5.67. The zero-order chi connectivity index (χ0) is 12.9. The van der Waals surface area contributed by atoms with E-state index in [9.17, 15) is 8.42 Å². The van der Waals surface area contributed by atoms with Gasteiger partial charge in [-0.1, -0.05) is 6.92 Å². The van der Waals surface area contributed by atoms with E-state index in [-0.39, 0.29) is 5.89 Å². The Bertz CT molecular complexity index is 441. The third kappa shape index (κ3) is 4.43. The maximum absolute atomic E-state index is 11.3. The van der Waals surface area contributed by atoms with Crippen molar-refractivity contribution in [3.8, 4) is 0 Å². The monoisotopic (exact) mass is 261 g/mol. The predicted molar refractivity (Wildman–Crippen MR) is 64.4 cm³/mol. The van der Waals surface area contributed by atoms with E-state index < -0.39 is 15.1 Å². The highest BCUT2D eigenvalue weighted by Crippen LogP contribution is 2.19. The predicted octanol–water partition coefficient (Wildman–Crippen LogP) is 0.717. The van der Waals surface area contributed by atoms with Gasteiger partial charge in [0.1, 0.15) is 5.25 Å². The number of hydrogen-bond donors (Lipinski definition) is 1. The van der Waals surface area contributed by atoms with Gasteiger partial charge in [0.05, 0.1) is 0 Å². The van der Waals surface area contributed by atoms with Crippen LogP contribution in [0.15, 0.2) is 4.42 Å². The zero-order valence-electron chi connectivity index (χ0n) is 10.4. The molecule has 0 aliphatic rings. The summed E-state index contributed by atoms with van der Waals surface area (Å²) in [6.07, 6.45) is 2.84. The summed E-state index contributed by atoms with van der Waals surface area (Å²) in [4.78, 5) is 0. The smallest absolute Gasteiger partial charge is 0.234 e. The molecule has 1 aromatic rings. The second kappa shape index (κ2) is 6.11. The average molecular weight is 261 g/mol. The Morgan fingerprint density at radius 3 is 2.65 bits per heavy atom. The van der Waals surface area contributed by atoms with Crippen molar-refractivity contribution in [2.45, 2.75) is 31.9 Å². The largest absolute Gasteiger partial charge is 0.424 e. The lowest BCUT2D eigenvalue weighted by Gasteiger charge is -2.02. The molecule has 0 aliphatic carbocycles. The quantitative estimate of drug-likeness (QED) is 0.728. The van der Waals surface area contributed by atoms with Gasteiger partial charge in [-0.2, -0.15) is 0 Å². The minimum atomic E-state index is -3.18. The van der Waals surface area contributed by atoms with Crippen LogP contribution in [0, 0.1) is 0 Å². The molecule has 1 heterocycles. The Balaban J connectivity index is 2.54. The number of nitrogens with zero attached hydrogens (tertiary/aromatic N) is 2. The molecule has 17 heavy (non-hydrogen) atoms. The van der Waals surface area contributed by atoms with E-state index in [1.807, 2.05) is 0 Å². The molecule has 0 radical (unpaired) electrons. The van der Waals surface area contributed by atoms with Gasteiger partial charge in [-0.05, 0) is 19.9 Å². The van der Waals surface area contributed by atoms with Crippen LogP contribution < -0.4 is 5.32 Å². The van der Waals surface area contributed by atoms with Gasteiger partial charge in [-0.3, -0.25) is 0 Å². The first-order chi connectivity index (χ1) is 7.95. The highest BCUT2D eigenvalue weighted by molar-refractivity contribution is 7.90. The molecule has 6 nitrogen and oxygen atoms in total. The van der Waals surface area contributed by atoms with Gasteiger partial charge in [0.2, 0.25) is 11.8 Å². The van der Waals surface area contributed by atoms with Crippen molar-refractivity contribution in [2.24, 2.45) is 0 Å².